The molecule has 162 valence electrons. The van der Waals surface area contributed by atoms with E-state index in [1.165, 1.54) is 44.9 Å². The highest BCUT2D eigenvalue weighted by atomic mass is 16.4. The molecule has 0 aliphatic heterocycles. The average Bonchev–Trinajstić information content (AvgIpc) is 2.64. The van der Waals surface area contributed by atoms with E-state index in [2.05, 4.69) is 24.4 Å². The van der Waals surface area contributed by atoms with Gasteiger partial charge in [0.05, 0.1) is 6.42 Å². The average molecular weight is 398 g/mol. The Morgan fingerprint density at radius 3 is 1.79 bits per heavy atom. The van der Waals surface area contributed by atoms with E-state index >= 15 is 0 Å². The molecule has 0 aromatic carbocycles. The van der Waals surface area contributed by atoms with Crippen LogP contribution in [0.2, 0.25) is 0 Å². The number of hydrogen-bond acceptors (Lipinski definition) is 3. The van der Waals surface area contributed by atoms with E-state index < -0.39 is 30.3 Å². The van der Waals surface area contributed by atoms with Gasteiger partial charge in [0.1, 0.15) is 6.04 Å². The molecule has 0 aromatic rings. The number of rotatable bonds is 19. The fourth-order valence-corrected chi connectivity index (χ4v) is 3.00. The van der Waals surface area contributed by atoms with Gasteiger partial charge in [-0.25, -0.2) is 4.79 Å². The van der Waals surface area contributed by atoms with Crippen molar-refractivity contribution in [3.8, 4) is 0 Å². The topological polar surface area (TPSA) is 104 Å². The second-order valence-corrected chi connectivity index (χ2v) is 7.39. The molecule has 0 fully saturated rings. The number of nitrogens with one attached hydrogen (secondary N) is 1. The summed E-state index contributed by atoms with van der Waals surface area (Å²) in [5.41, 5.74) is 0. The number of allylic oxidation sites excluding steroid dienone is 2. The summed E-state index contributed by atoms with van der Waals surface area (Å²) in [6, 6.07) is -1.35. The number of amides is 1. The number of carbonyl (C=O) groups excluding carboxylic acids is 1. The highest BCUT2D eigenvalue weighted by Crippen LogP contribution is 2.10. The zero-order valence-electron chi connectivity index (χ0n) is 17.5. The van der Waals surface area contributed by atoms with Crippen molar-refractivity contribution in [2.75, 3.05) is 0 Å². The van der Waals surface area contributed by atoms with Gasteiger partial charge in [-0.3, -0.25) is 9.59 Å². The Bertz CT molecular complexity index is 462. The smallest absolute Gasteiger partial charge is 0.326 e. The summed E-state index contributed by atoms with van der Waals surface area (Å²) >= 11 is 0. The zero-order valence-corrected chi connectivity index (χ0v) is 17.5. The molecule has 0 radical (unpaired) electrons. The molecule has 28 heavy (non-hydrogen) atoms. The predicted molar refractivity (Wildman–Crippen MR) is 111 cm³/mol. The standard InChI is InChI=1S/C22H39NO5/c1-2-3-4-5-6-7-8-9-10-11-12-13-14-15-16-17-20(24)23-19(22(27)28)18-21(25)26/h9-10,19H,2-8,11-18H2,1H3,(H,23,24)(H,25,26)(H,27,28)/b10-9+/t19-/m0/s1. The largest absolute Gasteiger partial charge is 0.481 e. The van der Waals surface area contributed by atoms with Gasteiger partial charge in [0, 0.05) is 6.42 Å². The lowest BCUT2D eigenvalue weighted by atomic mass is 10.1. The fraction of sp³-hybridized carbons (Fsp3) is 0.773. The normalized spacial score (nSPS) is 12.2. The monoisotopic (exact) mass is 397 g/mol. The number of unbranched alkanes of at least 4 members (excludes halogenated alkanes) is 11. The lowest BCUT2D eigenvalue weighted by molar-refractivity contribution is -0.147. The molecule has 3 N–H and O–H groups in total. The molecular weight excluding hydrogens is 358 g/mol. The molecule has 0 aromatic heterocycles. The van der Waals surface area contributed by atoms with E-state index in [0.29, 0.717) is 6.42 Å². The van der Waals surface area contributed by atoms with Crippen LogP contribution in [-0.2, 0) is 14.4 Å². The van der Waals surface area contributed by atoms with Crippen LogP contribution in [0.5, 0.6) is 0 Å². The number of aliphatic carboxylic acids is 2. The number of hydrogen-bond donors (Lipinski definition) is 3. The van der Waals surface area contributed by atoms with Crippen LogP contribution < -0.4 is 5.32 Å². The maximum absolute atomic E-state index is 11.7. The van der Waals surface area contributed by atoms with Crippen molar-refractivity contribution in [1.29, 1.82) is 0 Å². The van der Waals surface area contributed by atoms with Crippen LogP contribution in [0.3, 0.4) is 0 Å². The summed E-state index contributed by atoms with van der Waals surface area (Å²) in [6.07, 6.45) is 19.4. The minimum absolute atomic E-state index is 0.238. The lowest BCUT2D eigenvalue weighted by Crippen LogP contribution is -2.42. The molecule has 1 amide bonds. The Balaban J connectivity index is 3.51. The van der Waals surface area contributed by atoms with Crippen LogP contribution in [0.15, 0.2) is 12.2 Å². The first kappa shape index (κ1) is 26.1. The molecule has 1 atom stereocenters. The first-order chi connectivity index (χ1) is 13.5. The van der Waals surface area contributed by atoms with E-state index in [4.69, 9.17) is 10.2 Å². The van der Waals surface area contributed by atoms with Crippen LogP contribution in [0.4, 0.5) is 0 Å². The molecule has 6 heteroatoms. The van der Waals surface area contributed by atoms with Crippen molar-refractivity contribution < 1.29 is 24.6 Å². The van der Waals surface area contributed by atoms with Crippen molar-refractivity contribution in [2.45, 2.75) is 109 Å². The number of carboxylic acids is 2. The third-order valence-corrected chi connectivity index (χ3v) is 4.68. The van der Waals surface area contributed by atoms with E-state index in [9.17, 15) is 14.4 Å². The summed E-state index contributed by atoms with van der Waals surface area (Å²) < 4.78 is 0. The minimum atomic E-state index is -1.35. The van der Waals surface area contributed by atoms with Crippen molar-refractivity contribution >= 4 is 17.8 Å². The molecule has 0 saturated heterocycles. The van der Waals surface area contributed by atoms with Crippen LogP contribution in [0.25, 0.3) is 0 Å². The Morgan fingerprint density at radius 2 is 1.29 bits per heavy atom. The van der Waals surface area contributed by atoms with Crippen LogP contribution >= 0.6 is 0 Å². The highest BCUT2D eigenvalue weighted by molar-refractivity contribution is 5.86. The van der Waals surface area contributed by atoms with Gasteiger partial charge in [0.25, 0.3) is 0 Å². The van der Waals surface area contributed by atoms with Crippen molar-refractivity contribution in [3.05, 3.63) is 12.2 Å². The fourth-order valence-electron chi connectivity index (χ4n) is 3.00. The second-order valence-electron chi connectivity index (χ2n) is 7.39. The number of carbonyl (C=O) groups is 3. The summed E-state index contributed by atoms with van der Waals surface area (Å²) in [6.45, 7) is 2.24. The Kier molecular flexibility index (Phi) is 17.3. The minimum Gasteiger partial charge on any atom is -0.481 e. The summed E-state index contributed by atoms with van der Waals surface area (Å²) in [7, 11) is 0. The molecule has 0 aliphatic rings. The molecule has 6 nitrogen and oxygen atoms in total. The van der Waals surface area contributed by atoms with E-state index in [1.54, 1.807) is 0 Å². The number of carboxylic acid groups (broad SMARTS) is 2. The Hall–Kier alpha value is -1.85. The SMILES string of the molecule is CCCCCCCC/C=C/CCCCCCCC(=O)N[C@@H](CC(=O)O)C(=O)O. The van der Waals surface area contributed by atoms with Gasteiger partial charge in [-0.15, -0.1) is 0 Å². The van der Waals surface area contributed by atoms with Crippen LogP contribution in [0.1, 0.15) is 103 Å². The Morgan fingerprint density at radius 1 is 0.786 bits per heavy atom. The van der Waals surface area contributed by atoms with Gasteiger partial charge in [0.15, 0.2) is 0 Å². The van der Waals surface area contributed by atoms with E-state index in [1.807, 2.05) is 0 Å². The summed E-state index contributed by atoms with van der Waals surface area (Å²) in [5.74, 6) is -2.96. The van der Waals surface area contributed by atoms with Gasteiger partial charge in [-0.05, 0) is 32.1 Å². The molecule has 0 aliphatic carbocycles. The lowest BCUT2D eigenvalue weighted by Gasteiger charge is -2.12. The molecule has 0 heterocycles. The first-order valence-electron chi connectivity index (χ1n) is 10.9. The maximum atomic E-state index is 11.7. The van der Waals surface area contributed by atoms with Gasteiger partial charge in [0.2, 0.25) is 5.91 Å². The van der Waals surface area contributed by atoms with Crippen molar-refractivity contribution in [1.82, 2.24) is 5.32 Å². The van der Waals surface area contributed by atoms with Crippen molar-refractivity contribution in [3.63, 3.8) is 0 Å². The molecule has 0 rings (SSSR count). The first-order valence-corrected chi connectivity index (χ1v) is 10.9. The molecule has 0 saturated carbocycles. The molecular formula is C22H39NO5. The predicted octanol–water partition coefficient (Wildman–Crippen LogP) is 5.07. The van der Waals surface area contributed by atoms with Crippen LogP contribution in [-0.4, -0.2) is 34.1 Å². The molecule has 0 spiro atoms. The van der Waals surface area contributed by atoms with E-state index in [0.717, 1.165) is 32.1 Å². The van der Waals surface area contributed by atoms with Crippen LogP contribution in [0, 0.1) is 0 Å². The second kappa shape index (κ2) is 18.5. The third-order valence-electron chi connectivity index (χ3n) is 4.68. The molecule has 0 unspecified atom stereocenters. The zero-order chi connectivity index (χ0) is 21.0. The van der Waals surface area contributed by atoms with E-state index in [-0.39, 0.29) is 6.42 Å². The van der Waals surface area contributed by atoms with Gasteiger partial charge >= 0.3 is 11.9 Å². The molecule has 0 bridgehead atoms. The highest BCUT2D eigenvalue weighted by Gasteiger charge is 2.22. The summed E-state index contributed by atoms with van der Waals surface area (Å²) in [4.78, 5) is 33.2. The van der Waals surface area contributed by atoms with Gasteiger partial charge in [-0.1, -0.05) is 70.4 Å². The Labute approximate surface area is 169 Å². The van der Waals surface area contributed by atoms with Gasteiger partial charge in [-0.2, -0.15) is 0 Å². The third kappa shape index (κ3) is 17.6. The quantitative estimate of drug-likeness (QED) is 0.209. The maximum Gasteiger partial charge on any atom is 0.326 e. The van der Waals surface area contributed by atoms with Gasteiger partial charge < -0.3 is 15.5 Å². The summed E-state index contributed by atoms with van der Waals surface area (Å²) in [5, 5.41) is 19.8. The van der Waals surface area contributed by atoms with Crippen molar-refractivity contribution in [2.24, 2.45) is 0 Å².